The predicted octanol–water partition coefficient (Wildman–Crippen LogP) is 0.956. The van der Waals surface area contributed by atoms with Crippen LogP contribution in [0.4, 0.5) is 0 Å². The van der Waals surface area contributed by atoms with Crippen molar-refractivity contribution >= 4 is 5.91 Å². The lowest BCUT2D eigenvalue weighted by Crippen LogP contribution is -2.41. The smallest absolute Gasteiger partial charge is 0.264 e. The van der Waals surface area contributed by atoms with E-state index in [0.717, 1.165) is 39.0 Å². The standard InChI is InChI=1S/C15H24N4O3/c1-4-16-9-11-5-7-19(8-6-11)15(20)12-13(21-2)17-10-18-14(12)22-3/h10-11,16H,4-9H2,1-3H3. The predicted molar refractivity (Wildman–Crippen MR) is 82.3 cm³/mol. The largest absolute Gasteiger partial charge is 0.480 e. The van der Waals surface area contributed by atoms with Gasteiger partial charge < -0.3 is 19.7 Å². The maximum absolute atomic E-state index is 12.8. The molecule has 1 saturated heterocycles. The second-order valence-corrected chi connectivity index (χ2v) is 5.31. The van der Waals surface area contributed by atoms with Gasteiger partial charge in [0.1, 0.15) is 6.33 Å². The van der Waals surface area contributed by atoms with E-state index in [0.29, 0.717) is 11.5 Å². The lowest BCUT2D eigenvalue weighted by Gasteiger charge is -2.32. The van der Waals surface area contributed by atoms with Gasteiger partial charge in [0.25, 0.3) is 5.91 Å². The summed E-state index contributed by atoms with van der Waals surface area (Å²) in [4.78, 5) is 22.6. The number of hydrogen-bond donors (Lipinski definition) is 1. The van der Waals surface area contributed by atoms with Crippen LogP contribution < -0.4 is 14.8 Å². The highest BCUT2D eigenvalue weighted by molar-refractivity contribution is 5.98. The summed E-state index contributed by atoms with van der Waals surface area (Å²) in [5.41, 5.74) is 0.303. The van der Waals surface area contributed by atoms with E-state index < -0.39 is 0 Å². The number of piperidine rings is 1. The summed E-state index contributed by atoms with van der Waals surface area (Å²) in [6, 6.07) is 0. The van der Waals surface area contributed by atoms with Gasteiger partial charge in [-0.2, -0.15) is 0 Å². The molecule has 1 aliphatic rings. The minimum atomic E-state index is -0.129. The van der Waals surface area contributed by atoms with Crippen LogP contribution in [0.2, 0.25) is 0 Å². The lowest BCUT2D eigenvalue weighted by molar-refractivity contribution is 0.0681. The SMILES string of the molecule is CCNCC1CCN(C(=O)c2c(OC)ncnc2OC)CC1. The quantitative estimate of drug-likeness (QED) is 0.843. The van der Waals surface area contributed by atoms with Gasteiger partial charge in [0.2, 0.25) is 11.8 Å². The Morgan fingerprint density at radius 2 is 1.86 bits per heavy atom. The molecular weight excluding hydrogens is 284 g/mol. The first kappa shape index (κ1) is 16.5. The van der Waals surface area contributed by atoms with Crippen molar-refractivity contribution in [3.8, 4) is 11.8 Å². The van der Waals surface area contributed by atoms with Crippen molar-refractivity contribution in [3.63, 3.8) is 0 Å². The Morgan fingerprint density at radius 1 is 1.27 bits per heavy atom. The molecule has 0 aromatic carbocycles. The number of carbonyl (C=O) groups is 1. The number of nitrogens with one attached hydrogen (secondary N) is 1. The molecule has 0 aliphatic carbocycles. The van der Waals surface area contributed by atoms with Crippen LogP contribution in [0.1, 0.15) is 30.1 Å². The van der Waals surface area contributed by atoms with Crippen LogP contribution in [-0.4, -0.2) is 61.2 Å². The van der Waals surface area contributed by atoms with Crippen LogP contribution in [0.5, 0.6) is 11.8 Å². The molecule has 2 rings (SSSR count). The van der Waals surface area contributed by atoms with E-state index in [1.807, 2.05) is 4.90 Å². The molecule has 22 heavy (non-hydrogen) atoms. The summed E-state index contributed by atoms with van der Waals surface area (Å²) in [5.74, 6) is 1.01. The zero-order chi connectivity index (χ0) is 15.9. The first-order valence-corrected chi connectivity index (χ1v) is 7.64. The summed E-state index contributed by atoms with van der Waals surface area (Å²) in [7, 11) is 2.97. The maximum atomic E-state index is 12.8. The third-order valence-electron chi connectivity index (χ3n) is 3.96. The van der Waals surface area contributed by atoms with Crippen LogP contribution in [0, 0.1) is 5.92 Å². The van der Waals surface area contributed by atoms with Crippen molar-refractivity contribution < 1.29 is 14.3 Å². The molecule has 0 radical (unpaired) electrons. The Bertz CT molecular complexity index is 479. The zero-order valence-electron chi connectivity index (χ0n) is 13.5. The molecule has 122 valence electrons. The number of ether oxygens (including phenoxy) is 2. The van der Waals surface area contributed by atoms with Crippen molar-refractivity contribution in [1.82, 2.24) is 20.2 Å². The number of rotatable bonds is 6. The number of aromatic nitrogens is 2. The molecule has 1 aromatic heterocycles. The molecule has 1 amide bonds. The normalized spacial score (nSPS) is 15.7. The minimum Gasteiger partial charge on any atom is -0.480 e. The zero-order valence-corrected chi connectivity index (χ0v) is 13.5. The monoisotopic (exact) mass is 308 g/mol. The van der Waals surface area contributed by atoms with E-state index >= 15 is 0 Å². The fourth-order valence-corrected chi connectivity index (χ4v) is 2.69. The Labute approximate surface area is 131 Å². The van der Waals surface area contributed by atoms with E-state index in [4.69, 9.17) is 9.47 Å². The Hall–Kier alpha value is -1.89. The van der Waals surface area contributed by atoms with Crippen molar-refractivity contribution in [2.24, 2.45) is 5.92 Å². The molecule has 0 spiro atoms. The topological polar surface area (TPSA) is 76.6 Å². The molecule has 1 fully saturated rings. The number of likely N-dealkylation sites (tertiary alicyclic amines) is 1. The number of hydrogen-bond acceptors (Lipinski definition) is 6. The van der Waals surface area contributed by atoms with Crippen LogP contribution in [-0.2, 0) is 0 Å². The van der Waals surface area contributed by atoms with Gasteiger partial charge in [-0.3, -0.25) is 4.79 Å². The van der Waals surface area contributed by atoms with Gasteiger partial charge in [-0.05, 0) is 31.8 Å². The van der Waals surface area contributed by atoms with Gasteiger partial charge in [0, 0.05) is 13.1 Å². The van der Waals surface area contributed by atoms with Crippen LogP contribution >= 0.6 is 0 Å². The van der Waals surface area contributed by atoms with Gasteiger partial charge in [-0.25, -0.2) is 9.97 Å². The fraction of sp³-hybridized carbons (Fsp3) is 0.667. The highest BCUT2D eigenvalue weighted by Gasteiger charge is 2.29. The Balaban J connectivity index is 2.07. The Kier molecular flexibility index (Phi) is 5.94. The highest BCUT2D eigenvalue weighted by Crippen LogP contribution is 2.27. The summed E-state index contributed by atoms with van der Waals surface area (Å²) >= 11 is 0. The summed E-state index contributed by atoms with van der Waals surface area (Å²) in [6.07, 6.45) is 3.32. The van der Waals surface area contributed by atoms with Gasteiger partial charge in [-0.1, -0.05) is 6.92 Å². The number of amides is 1. The van der Waals surface area contributed by atoms with Crippen molar-refractivity contribution in [3.05, 3.63) is 11.9 Å². The third-order valence-corrected chi connectivity index (χ3v) is 3.96. The van der Waals surface area contributed by atoms with Crippen molar-refractivity contribution in [2.75, 3.05) is 40.4 Å². The van der Waals surface area contributed by atoms with E-state index in [2.05, 4.69) is 22.2 Å². The number of nitrogens with zero attached hydrogens (tertiary/aromatic N) is 3. The first-order valence-electron chi connectivity index (χ1n) is 7.64. The van der Waals surface area contributed by atoms with Crippen LogP contribution in [0.15, 0.2) is 6.33 Å². The molecule has 0 unspecified atom stereocenters. The fourth-order valence-electron chi connectivity index (χ4n) is 2.69. The summed E-state index contributed by atoms with van der Waals surface area (Å²) in [6.45, 7) is 5.56. The second kappa shape index (κ2) is 7.93. The molecular formula is C15H24N4O3. The average molecular weight is 308 g/mol. The molecule has 0 saturated carbocycles. The van der Waals surface area contributed by atoms with Gasteiger partial charge in [0.15, 0.2) is 5.56 Å². The lowest BCUT2D eigenvalue weighted by atomic mass is 9.96. The van der Waals surface area contributed by atoms with Crippen LogP contribution in [0.25, 0.3) is 0 Å². The molecule has 1 aliphatic heterocycles. The highest BCUT2D eigenvalue weighted by atomic mass is 16.5. The molecule has 7 nitrogen and oxygen atoms in total. The van der Waals surface area contributed by atoms with Crippen LogP contribution in [0.3, 0.4) is 0 Å². The van der Waals surface area contributed by atoms with E-state index in [9.17, 15) is 4.79 Å². The van der Waals surface area contributed by atoms with Gasteiger partial charge in [0.05, 0.1) is 14.2 Å². The maximum Gasteiger partial charge on any atom is 0.264 e. The summed E-state index contributed by atoms with van der Waals surface area (Å²) < 4.78 is 10.4. The van der Waals surface area contributed by atoms with E-state index in [1.54, 1.807) is 0 Å². The Morgan fingerprint density at radius 3 is 2.36 bits per heavy atom. The molecule has 1 aromatic rings. The van der Waals surface area contributed by atoms with E-state index in [1.165, 1.54) is 20.5 Å². The third kappa shape index (κ3) is 3.65. The number of carbonyl (C=O) groups excluding carboxylic acids is 1. The molecule has 2 heterocycles. The average Bonchev–Trinajstić information content (AvgIpc) is 2.58. The minimum absolute atomic E-state index is 0.129. The molecule has 1 N–H and O–H groups in total. The van der Waals surface area contributed by atoms with Gasteiger partial charge >= 0.3 is 0 Å². The van der Waals surface area contributed by atoms with Crippen molar-refractivity contribution in [1.29, 1.82) is 0 Å². The van der Waals surface area contributed by atoms with Gasteiger partial charge in [-0.15, -0.1) is 0 Å². The molecule has 0 bridgehead atoms. The van der Waals surface area contributed by atoms with Crippen molar-refractivity contribution in [2.45, 2.75) is 19.8 Å². The van der Waals surface area contributed by atoms with E-state index in [-0.39, 0.29) is 17.7 Å². The first-order chi connectivity index (χ1) is 10.7. The summed E-state index contributed by atoms with van der Waals surface area (Å²) in [5, 5.41) is 3.37. The number of methoxy groups -OCH3 is 2. The molecule has 7 heteroatoms. The second-order valence-electron chi connectivity index (χ2n) is 5.31. The molecule has 0 atom stereocenters.